The predicted molar refractivity (Wildman–Crippen MR) is 125 cm³/mol. The molecule has 5 rings (SSSR count). The van der Waals surface area contributed by atoms with Crippen LogP contribution in [0, 0.1) is 5.92 Å². The second-order valence-electron chi connectivity index (χ2n) is 7.84. The molecule has 5 heterocycles. The lowest BCUT2D eigenvalue weighted by molar-refractivity contribution is -0.110. The van der Waals surface area contributed by atoms with E-state index >= 15 is 0 Å². The van der Waals surface area contributed by atoms with Crippen LogP contribution in [-0.4, -0.2) is 43.0 Å². The van der Waals surface area contributed by atoms with Gasteiger partial charge in [0.05, 0.1) is 22.6 Å². The number of aromatic nitrogens is 6. The number of nitrogens with one attached hydrogen (secondary N) is 3. The zero-order valence-electron chi connectivity index (χ0n) is 17.7. The summed E-state index contributed by atoms with van der Waals surface area (Å²) >= 11 is 0. The van der Waals surface area contributed by atoms with Crippen molar-refractivity contribution >= 4 is 33.9 Å². The average Bonchev–Trinajstić information content (AvgIpc) is 3.45. The molecule has 0 bridgehead atoms. The van der Waals surface area contributed by atoms with Gasteiger partial charge >= 0.3 is 0 Å². The van der Waals surface area contributed by atoms with E-state index in [1.807, 2.05) is 36.5 Å². The van der Waals surface area contributed by atoms with Crippen LogP contribution in [0.5, 0.6) is 0 Å². The number of anilines is 1. The molecule has 8 heteroatoms. The van der Waals surface area contributed by atoms with Crippen LogP contribution in [0.25, 0.3) is 44.6 Å². The molecule has 0 aromatic carbocycles. The maximum Gasteiger partial charge on any atom is 0.135 e. The van der Waals surface area contributed by atoms with E-state index in [-0.39, 0.29) is 5.92 Å². The normalized spacial score (nSPS) is 12.3. The fourth-order valence-corrected chi connectivity index (χ4v) is 3.86. The Morgan fingerprint density at radius 1 is 1.09 bits per heavy atom. The molecule has 0 aliphatic carbocycles. The summed E-state index contributed by atoms with van der Waals surface area (Å²) in [6, 6.07) is 9.89. The first-order valence-corrected chi connectivity index (χ1v) is 10.7. The van der Waals surface area contributed by atoms with Crippen molar-refractivity contribution in [2.24, 2.45) is 5.92 Å². The Bertz CT molecular complexity index is 1350. The first-order chi connectivity index (χ1) is 15.7. The van der Waals surface area contributed by atoms with Crippen LogP contribution in [-0.2, 0) is 4.79 Å². The third-order valence-electron chi connectivity index (χ3n) is 5.54. The van der Waals surface area contributed by atoms with E-state index in [1.165, 1.54) is 0 Å². The highest BCUT2D eigenvalue weighted by atomic mass is 16.1. The van der Waals surface area contributed by atoms with Gasteiger partial charge in [0.25, 0.3) is 0 Å². The van der Waals surface area contributed by atoms with Crippen LogP contribution in [0.3, 0.4) is 0 Å². The Kier molecular flexibility index (Phi) is 5.33. The van der Waals surface area contributed by atoms with Gasteiger partial charge in [-0.05, 0) is 36.8 Å². The van der Waals surface area contributed by atoms with E-state index in [2.05, 4.69) is 37.4 Å². The van der Waals surface area contributed by atoms with E-state index in [4.69, 9.17) is 4.98 Å². The number of carbonyl (C=O) groups excluding carboxylic acids is 1. The highest BCUT2D eigenvalue weighted by molar-refractivity contribution is 5.94. The third-order valence-corrected chi connectivity index (χ3v) is 5.54. The van der Waals surface area contributed by atoms with E-state index in [0.717, 1.165) is 69.4 Å². The molecular formula is C24H23N7O. The van der Waals surface area contributed by atoms with E-state index in [1.54, 1.807) is 18.6 Å². The summed E-state index contributed by atoms with van der Waals surface area (Å²) in [7, 11) is 0. The number of fused-ring (bicyclic) bond motifs is 2. The third kappa shape index (κ3) is 3.82. The van der Waals surface area contributed by atoms with Crippen molar-refractivity contribution in [1.82, 2.24) is 30.1 Å². The molecule has 0 amide bonds. The number of carbonyl (C=O) groups is 1. The van der Waals surface area contributed by atoms with Crippen molar-refractivity contribution in [2.45, 2.75) is 19.8 Å². The molecule has 160 valence electrons. The number of nitrogens with zero attached hydrogens (tertiary/aromatic N) is 4. The first kappa shape index (κ1) is 19.9. The van der Waals surface area contributed by atoms with Crippen LogP contribution in [0.4, 0.5) is 5.69 Å². The molecule has 1 atom stereocenters. The molecule has 0 saturated heterocycles. The van der Waals surface area contributed by atoms with Crippen molar-refractivity contribution in [3.05, 3.63) is 55.1 Å². The Hall–Kier alpha value is -4.07. The minimum absolute atomic E-state index is 0.00173. The van der Waals surface area contributed by atoms with Crippen LogP contribution in [0.2, 0.25) is 0 Å². The number of H-pyrrole nitrogens is 2. The van der Waals surface area contributed by atoms with Gasteiger partial charge in [0.15, 0.2) is 0 Å². The van der Waals surface area contributed by atoms with Gasteiger partial charge in [0, 0.05) is 53.7 Å². The number of hydrogen-bond acceptors (Lipinski definition) is 6. The molecular weight excluding hydrogens is 402 g/mol. The zero-order chi connectivity index (χ0) is 21.9. The Morgan fingerprint density at radius 3 is 2.88 bits per heavy atom. The van der Waals surface area contributed by atoms with Crippen molar-refractivity contribution in [1.29, 1.82) is 0 Å². The summed E-state index contributed by atoms with van der Waals surface area (Å²) in [4.78, 5) is 28.0. The van der Waals surface area contributed by atoms with Gasteiger partial charge in [-0.25, -0.2) is 4.98 Å². The highest BCUT2D eigenvalue weighted by Gasteiger charge is 2.14. The summed E-state index contributed by atoms with van der Waals surface area (Å²) in [6.45, 7) is 2.67. The number of aldehydes is 1. The molecule has 0 saturated carbocycles. The molecule has 0 aliphatic rings. The molecule has 0 fully saturated rings. The van der Waals surface area contributed by atoms with Crippen molar-refractivity contribution in [2.75, 3.05) is 11.9 Å². The predicted octanol–water partition coefficient (Wildman–Crippen LogP) is 4.59. The van der Waals surface area contributed by atoms with Crippen molar-refractivity contribution < 1.29 is 4.79 Å². The molecule has 0 aliphatic heterocycles. The van der Waals surface area contributed by atoms with Crippen molar-refractivity contribution in [3.8, 4) is 22.6 Å². The van der Waals surface area contributed by atoms with E-state index in [0.29, 0.717) is 6.54 Å². The maximum atomic E-state index is 11.2. The summed E-state index contributed by atoms with van der Waals surface area (Å²) < 4.78 is 0. The monoisotopic (exact) mass is 425 g/mol. The van der Waals surface area contributed by atoms with Gasteiger partial charge in [0.1, 0.15) is 17.5 Å². The topological polar surface area (TPSA) is 112 Å². The minimum Gasteiger partial charge on any atom is -0.383 e. The van der Waals surface area contributed by atoms with Gasteiger partial charge < -0.3 is 15.1 Å². The van der Waals surface area contributed by atoms with Gasteiger partial charge in [0.2, 0.25) is 0 Å². The van der Waals surface area contributed by atoms with Crippen LogP contribution < -0.4 is 5.32 Å². The number of pyridine rings is 3. The van der Waals surface area contributed by atoms with Gasteiger partial charge in [-0.1, -0.05) is 13.3 Å². The fourth-order valence-electron chi connectivity index (χ4n) is 3.86. The number of aromatic amines is 2. The van der Waals surface area contributed by atoms with E-state index in [9.17, 15) is 4.79 Å². The molecule has 32 heavy (non-hydrogen) atoms. The molecule has 1 unspecified atom stereocenters. The second-order valence-corrected chi connectivity index (χ2v) is 7.84. The maximum absolute atomic E-state index is 11.2. The summed E-state index contributed by atoms with van der Waals surface area (Å²) in [5, 5.41) is 11.9. The highest BCUT2D eigenvalue weighted by Crippen LogP contribution is 2.29. The lowest BCUT2D eigenvalue weighted by Crippen LogP contribution is -2.15. The second kappa shape index (κ2) is 8.58. The molecule has 3 N–H and O–H groups in total. The molecule has 5 aromatic heterocycles. The summed E-state index contributed by atoms with van der Waals surface area (Å²) in [5.74, 6) is -0.00173. The lowest BCUT2D eigenvalue weighted by Gasteiger charge is -2.12. The lowest BCUT2D eigenvalue weighted by atomic mass is 10.1. The van der Waals surface area contributed by atoms with Gasteiger partial charge in [-0.3, -0.25) is 15.1 Å². The molecule has 8 nitrogen and oxygen atoms in total. The van der Waals surface area contributed by atoms with E-state index < -0.39 is 0 Å². The molecule has 5 aromatic rings. The standard InChI is InChI=1S/C24H23N7O/c1-2-3-15(14-32)10-27-18-8-16(12-26-13-18)19-4-5-21-23(29-19)24(31-30-21)22-9-17-11-25-7-6-20(17)28-22/h4-9,11-15,27-28H,2-3,10H2,1H3,(H,30,31). The average molecular weight is 425 g/mol. The Morgan fingerprint density at radius 2 is 2.03 bits per heavy atom. The van der Waals surface area contributed by atoms with Gasteiger partial charge in [-0.15, -0.1) is 0 Å². The van der Waals surface area contributed by atoms with Crippen molar-refractivity contribution in [3.63, 3.8) is 0 Å². The van der Waals surface area contributed by atoms with Crippen LogP contribution in [0.15, 0.2) is 55.1 Å². The number of hydrogen-bond donors (Lipinski definition) is 3. The largest absolute Gasteiger partial charge is 0.383 e. The fraction of sp³-hybridized carbons (Fsp3) is 0.208. The van der Waals surface area contributed by atoms with Crippen LogP contribution in [0.1, 0.15) is 19.8 Å². The van der Waals surface area contributed by atoms with Crippen LogP contribution >= 0.6 is 0 Å². The Labute approximate surface area is 184 Å². The Balaban J connectivity index is 1.46. The summed E-state index contributed by atoms with van der Waals surface area (Å²) in [5.41, 5.74) is 6.84. The minimum atomic E-state index is -0.00173. The van der Waals surface area contributed by atoms with Gasteiger partial charge in [-0.2, -0.15) is 5.10 Å². The smallest absolute Gasteiger partial charge is 0.135 e. The SMILES string of the molecule is CCCC(C=O)CNc1cncc(-c2ccc3[nH]nc(-c4cc5cnccc5[nH]4)c3n2)c1. The molecule has 0 spiro atoms. The number of rotatable bonds is 8. The molecule has 0 radical (unpaired) electrons. The quantitative estimate of drug-likeness (QED) is 0.314. The first-order valence-electron chi connectivity index (χ1n) is 10.7. The summed E-state index contributed by atoms with van der Waals surface area (Å²) in [6.07, 6.45) is 10.00. The zero-order valence-corrected chi connectivity index (χ0v) is 17.7.